The summed E-state index contributed by atoms with van der Waals surface area (Å²) in [6.07, 6.45) is 1.34. The lowest BCUT2D eigenvalue weighted by Gasteiger charge is -2.35. The average molecular weight is 318 g/mol. The number of aromatic nitrogens is 2. The van der Waals surface area contributed by atoms with Gasteiger partial charge in [0.15, 0.2) is 0 Å². The van der Waals surface area contributed by atoms with Gasteiger partial charge >= 0.3 is 0 Å². The fourth-order valence-corrected chi connectivity index (χ4v) is 3.55. The third-order valence-electron chi connectivity index (χ3n) is 5.07. The highest BCUT2D eigenvalue weighted by atomic mass is 16.3. The molecule has 0 bridgehead atoms. The van der Waals surface area contributed by atoms with Crippen LogP contribution in [0.4, 0.5) is 0 Å². The Morgan fingerprint density at radius 1 is 1.00 bits per heavy atom. The predicted octanol–water partition coefficient (Wildman–Crippen LogP) is 4.55. The number of benzene rings is 2. The maximum Gasteiger partial charge on any atom is 0.0880 e. The summed E-state index contributed by atoms with van der Waals surface area (Å²) in [4.78, 5) is 0. The van der Waals surface area contributed by atoms with E-state index in [4.69, 9.17) is 5.10 Å². The van der Waals surface area contributed by atoms with Gasteiger partial charge in [0, 0.05) is 11.1 Å². The molecule has 1 unspecified atom stereocenters. The second-order valence-electron chi connectivity index (χ2n) is 7.21. The molecule has 122 valence electrons. The van der Waals surface area contributed by atoms with Crippen LogP contribution in [-0.2, 0) is 6.42 Å². The molecule has 0 radical (unpaired) electrons. The molecule has 0 aliphatic heterocycles. The normalized spacial score (nSPS) is 19.0. The van der Waals surface area contributed by atoms with Crippen molar-refractivity contribution < 1.29 is 5.11 Å². The molecule has 1 N–H and O–H groups in total. The van der Waals surface area contributed by atoms with Crippen LogP contribution in [0.25, 0.3) is 16.9 Å². The lowest BCUT2D eigenvalue weighted by Crippen LogP contribution is -2.28. The number of para-hydroxylation sites is 1. The topological polar surface area (TPSA) is 38.0 Å². The number of nitrogens with zero attached hydrogens (tertiary/aromatic N) is 2. The lowest BCUT2D eigenvalue weighted by atomic mass is 9.73. The number of rotatable bonds is 2. The Morgan fingerprint density at radius 3 is 2.29 bits per heavy atom. The number of hydrogen-bond acceptors (Lipinski definition) is 2. The van der Waals surface area contributed by atoms with E-state index in [0.717, 1.165) is 41.0 Å². The van der Waals surface area contributed by atoms with Crippen LogP contribution in [0.5, 0.6) is 0 Å². The van der Waals surface area contributed by atoms with E-state index in [2.05, 4.69) is 38.1 Å². The van der Waals surface area contributed by atoms with Crippen molar-refractivity contribution in [1.29, 1.82) is 0 Å². The maximum atomic E-state index is 11.0. The first-order chi connectivity index (χ1) is 11.6. The van der Waals surface area contributed by atoms with Crippen LogP contribution < -0.4 is 0 Å². The molecule has 0 saturated heterocycles. The van der Waals surface area contributed by atoms with E-state index in [1.54, 1.807) is 0 Å². The zero-order valence-electron chi connectivity index (χ0n) is 14.1. The summed E-state index contributed by atoms with van der Waals surface area (Å²) in [5.41, 5.74) is 4.99. The summed E-state index contributed by atoms with van der Waals surface area (Å²) in [7, 11) is 0. The van der Waals surface area contributed by atoms with E-state index in [-0.39, 0.29) is 5.41 Å². The van der Waals surface area contributed by atoms with Gasteiger partial charge in [-0.05, 0) is 30.4 Å². The molecular weight excluding hydrogens is 296 g/mol. The maximum absolute atomic E-state index is 11.0. The van der Waals surface area contributed by atoms with E-state index < -0.39 is 6.10 Å². The molecule has 1 heterocycles. The molecule has 1 aliphatic carbocycles. The van der Waals surface area contributed by atoms with Crippen LogP contribution in [-0.4, -0.2) is 14.9 Å². The van der Waals surface area contributed by atoms with E-state index in [9.17, 15) is 5.11 Å². The number of aryl methyl sites for hydroxylation is 1. The molecule has 1 aromatic heterocycles. The standard InChI is InChI=1S/C21H22N2O/c1-21(2)14-13-17-18(20(21)24)19(15-9-5-3-6-10-15)23(22-17)16-11-7-4-8-12-16/h3-12,20,24H,13-14H2,1-2H3. The number of fused-ring (bicyclic) bond motifs is 1. The van der Waals surface area contributed by atoms with Crippen molar-refractivity contribution in [3.05, 3.63) is 71.9 Å². The Kier molecular flexibility index (Phi) is 3.54. The van der Waals surface area contributed by atoms with Gasteiger partial charge < -0.3 is 5.11 Å². The van der Waals surface area contributed by atoms with Crippen LogP contribution in [0.2, 0.25) is 0 Å². The molecule has 1 aliphatic rings. The van der Waals surface area contributed by atoms with E-state index in [1.807, 2.05) is 41.1 Å². The van der Waals surface area contributed by atoms with Crippen molar-refractivity contribution in [2.45, 2.75) is 32.8 Å². The third-order valence-corrected chi connectivity index (χ3v) is 5.07. The van der Waals surface area contributed by atoms with Crippen molar-refractivity contribution in [2.75, 3.05) is 0 Å². The van der Waals surface area contributed by atoms with Crippen LogP contribution >= 0.6 is 0 Å². The highest BCUT2D eigenvalue weighted by Gasteiger charge is 2.39. The fraction of sp³-hybridized carbons (Fsp3) is 0.286. The van der Waals surface area contributed by atoms with Crippen molar-refractivity contribution in [1.82, 2.24) is 9.78 Å². The Hall–Kier alpha value is -2.39. The summed E-state index contributed by atoms with van der Waals surface area (Å²) in [6, 6.07) is 20.4. The van der Waals surface area contributed by atoms with Gasteiger partial charge in [0.25, 0.3) is 0 Å². The smallest absolute Gasteiger partial charge is 0.0880 e. The summed E-state index contributed by atoms with van der Waals surface area (Å²) in [5.74, 6) is 0. The summed E-state index contributed by atoms with van der Waals surface area (Å²) in [6.45, 7) is 4.27. The summed E-state index contributed by atoms with van der Waals surface area (Å²) in [5, 5.41) is 15.9. The molecular formula is C21H22N2O. The largest absolute Gasteiger partial charge is 0.388 e. The van der Waals surface area contributed by atoms with Gasteiger partial charge in [-0.25, -0.2) is 4.68 Å². The van der Waals surface area contributed by atoms with Gasteiger partial charge in [-0.3, -0.25) is 0 Å². The Bertz CT molecular complexity index is 850. The van der Waals surface area contributed by atoms with Crippen molar-refractivity contribution in [3.63, 3.8) is 0 Å². The highest BCUT2D eigenvalue weighted by molar-refractivity contribution is 5.68. The Labute approximate surface area is 142 Å². The number of aliphatic hydroxyl groups is 1. The van der Waals surface area contributed by atoms with Crippen molar-refractivity contribution in [2.24, 2.45) is 5.41 Å². The second kappa shape index (κ2) is 5.60. The molecule has 1 atom stereocenters. The summed E-state index contributed by atoms with van der Waals surface area (Å²) >= 11 is 0. The lowest BCUT2D eigenvalue weighted by molar-refractivity contribution is 0.0342. The zero-order valence-corrected chi connectivity index (χ0v) is 14.1. The summed E-state index contributed by atoms with van der Waals surface area (Å²) < 4.78 is 1.99. The molecule has 0 amide bonds. The van der Waals surface area contributed by atoms with Gasteiger partial charge in [-0.15, -0.1) is 0 Å². The van der Waals surface area contributed by atoms with Gasteiger partial charge in [0.05, 0.1) is 23.2 Å². The molecule has 0 spiro atoms. The van der Waals surface area contributed by atoms with Gasteiger partial charge in [0.2, 0.25) is 0 Å². The quantitative estimate of drug-likeness (QED) is 0.753. The Balaban J connectivity index is 2.00. The van der Waals surface area contributed by atoms with Crippen LogP contribution in [0, 0.1) is 5.41 Å². The van der Waals surface area contributed by atoms with Crippen molar-refractivity contribution in [3.8, 4) is 16.9 Å². The predicted molar refractivity (Wildman–Crippen MR) is 96.1 cm³/mol. The highest BCUT2D eigenvalue weighted by Crippen LogP contribution is 2.47. The minimum absolute atomic E-state index is 0.138. The van der Waals surface area contributed by atoms with E-state index in [0.29, 0.717) is 0 Å². The molecule has 3 aromatic rings. The minimum atomic E-state index is -0.506. The van der Waals surface area contributed by atoms with Crippen LogP contribution in [0.1, 0.15) is 37.6 Å². The first kappa shape index (κ1) is 15.2. The molecule has 0 fully saturated rings. The second-order valence-corrected chi connectivity index (χ2v) is 7.21. The fourth-order valence-electron chi connectivity index (χ4n) is 3.55. The Morgan fingerprint density at radius 2 is 1.62 bits per heavy atom. The molecule has 4 rings (SSSR count). The number of aliphatic hydroxyl groups excluding tert-OH is 1. The molecule has 24 heavy (non-hydrogen) atoms. The van der Waals surface area contributed by atoms with E-state index in [1.165, 1.54) is 0 Å². The first-order valence-corrected chi connectivity index (χ1v) is 8.48. The average Bonchev–Trinajstić information content (AvgIpc) is 3.00. The van der Waals surface area contributed by atoms with Crippen molar-refractivity contribution >= 4 is 0 Å². The van der Waals surface area contributed by atoms with Crippen LogP contribution in [0.3, 0.4) is 0 Å². The molecule has 2 aromatic carbocycles. The number of hydrogen-bond donors (Lipinski definition) is 1. The molecule has 0 saturated carbocycles. The zero-order chi connectivity index (χ0) is 16.7. The van der Waals surface area contributed by atoms with Gasteiger partial charge in [-0.1, -0.05) is 62.4 Å². The first-order valence-electron chi connectivity index (χ1n) is 8.48. The molecule has 3 heteroatoms. The van der Waals surface area contributed by atoms with Gasteiger partial charge in [0.1, 0.15) is 0 Å². The molecule has 3 nitrogen and oxygen atoms in total. The third kappa shape index (κ3) is 2.36. The van der Waals surface area contributed by atoms with E-state index >= 15 is 0 Å². The van der Waals surface area contributed by atoms with Gasteiger partial charge in [-0.2, -0.15) is 5.10 Å². The minimum Gasteiger partial charge on any atom is -0.388 e. The monoisotopic (exact) mass is 318 g/mol. The SMILES string of the molecule is CC1(C)CCc2nn(-c3ccccc3)c(-c3ccccc3)c2C1O. The van der Waals surface area contributed by atoms with Crippen LogP contribution in [0.15, 0.2) is 60.7 Å².